The monoisotopic (exact) mass is 167 g/mol. The van der Waals surface area contributed by atoms with Crippen LogP contribution in [0.25, 0.3) is 0 Å². The Balaban J connectivity index is 1.35. The van der Waals surface area contributed by atoms with Crippen LogP contribution in [0.4, 0.5) is 0 Å². The summed E-state index contributed by atoms with van der Waals surface area (Å²) in [6.07, 6.45) is 2.83. The zero-order valence-electron chi connectivity index (χ0n) is 7.46. The van der Waals surface area contributed by atoms with Gasteiger partial charge < -0.3 is 10.1 Å². The Bertz CT molecular complexity index is 169. The Labute approximate surface area is 73.7 Å². The van der Waals surface area contributed by atoms with E-state index in [1.54, 1.807) is 0 Å². The number of hydrogen-bond acceptors (Lipinski definition) is 2. The number of hydrogen-bond donors (Lipinski definition) is 1. The highest BCUT2D eigenvalue weighted by atomic mass is 16.5. The van der Waals surface area contributed by atoms with Gasteiger partial charge in [-0.15, -0.1) is 0 Å². The molecule has 3 atom stereocenters. The fraction of sp³-hybridized carbons (Fsp3) is 1.00. The predicted octanol–water partition coefficient (Wildman–Crippen LogP) is 0.878. The van der Waals surface area contributed by atoms with E-state index < -0.39 is 0 Å². The van der Waals surface area contributed by atoms with Crippen LogP contribution in [-0.2, 0) is 4.74 Å². The Kier molecular flexibility index (Phi) is 1.66. The van der Waals surface area contributed by atoms with Crippen molar-refractivity contribution < 1.29 is 4.74 Å². The van der Waals surface area contributed by atoms with Crippen molar-refractivity contribution in [3.63, 3.8) is 0 Å². The molecule has 2 saturated carbocycles. The van der Waals surface area contributed by atoms with Gasteiger partial charge in [0.25, 0.3) is 0 Å². The highest BCUT2D eigenvalue weighted by molar-refractivity contribution is 5.03. The van der Waals surface area contributed by atoms with Crippen molar-refractivity contribution in [1.29, 1.82) is 0 Å². The van der Waals surface area contributed by atoms with Gasteiger partial charge in [0.05, 0.1) is 6.61 Å². The van der Waals surface area contributed by atoms with Gasteiger partial charge in [-0.25, -0.2) is 0 Å². The van der Waals surface area contributed by atoms with Gasteiger partial charge in [-0.2, -0.15) is 0 Å². The molecule has 0 unspecified atom stereocenters. The Morgan fingerprint density at radius 3 is 2.50 bits per heavy atom. The summed E-state index contributed by atoms with van der Waals surface area (Å²) < 4.78 is 5.69. The maximum atomic E-state index is 5.69. The molecule has 68 valence electrons. The molecule has 2 heteroatoms. The molecule has 3 aliphatic rings. The summed E-state index contributed by atoms with van der Waals surface area (Å²) in [5, 5.41) is 3.41. The maximum absolute atomic E-state index is 5.69. The zero-order chi connectivity index (χ0) is 7.97. The van der Waals surface area contributed by atoms with Gasteiger partial charge in [-0.05, 0) is 49.6 Å². The van der Waals surface area contributed by atoms with Gasteiger partial charge in [0, 0.05) is 6.61 Å². The first-order valence-corrected chi connectivity index (χ1v) is 5.23. The summed E-state index contributed by atoms with van der Waals surface area (Å²) in [6.45, 7) is 4.60. The third-order valence-corrected chi connectivity index (χ3v) is 3.63. The van der Waals surface area contributed by atoms with Gasteiger partial charge in [-0.3, -0.25) is 0 Å². The van der Waals surface area contributed by atoms with E-state index in [0.29, 0.717) is 0 Å². The first kappa shape index (κ1) is 7.34. The Morgan fingerprint density at radius 2 is 1.83 bits per heavy atom. The molecule has 0 aromatic carbocycles. The Hall–Kier alpha value is -0.0800. The lowest BCUT2D eigenvalue weighted by molar-refractivity contribution is 0.107. The minimum atomic E-state index is 0.921. The van der Waals surface area contributed by atoms with E-state index in [4.69, 9.17) is 4.74 Å². The first-order chi connectivity index (χ1) is 5.95. The van der Waals surface area contributed by atoms with E-state index in [2.05, 4.69) is 5.32 Å². The molecule has 0 aromatic heterocycles. The number of piperidine rings is 1. The summed E-state index contributed by atoms with van der Waals surface area (Å²) in [4.78, 5) is 0. The molecular formula is C10H17NO. The molecule has 2 nitrogen and oxygen atoms in total. The number of ether oxygens (including phenoxy) is 1. The molecule has 1 N–H and O–H groups in total. The smallest absolute Gasteiger partial charge is 0.0500 e. The average molecular weight is 167 g/mol. The molecule has 0 amide bonds. The molecule has 0 spiro atoms. The van der Waals surface area contributed by atoms with E-state index in [1.807, 2.05) is 0 Å². The van der Waals surface area contributed by atoms with Crippen molar-refractivity contribution >= 4 is 0 Å². The van der Waals surface area contributed by atoms with E-state index >= 15 is 0 Å². The van der Waals surface area contributed by atoms with Gasteiger partial charge in [0.15, 0.2) is 0 Å². The topological polar surface area (TPSA) is 21.3 Å². The number of fused-ring (bicyclic) bond motifs is 1. The van der Waals surface area contributed by atoms with Crippen LogP contribution in [0, 0.1) is 23.7 Å². The van der Waals surface area contributed by atoms with Crippen molar-refractivity contribution in [3.05, 3.63) is 0 Å². The molecule has 1 heterocycles. The summed E-state index contributed by atoms with van der Waals surface area (Å²) in [6, 6.07) is 0. The lowest BCUT2D eigenvalue weighted by atomic mass is 10.3. The molecule has 0 radical (unpaired) electrons. The second-order valence-corrected chi connectivity index (χ2v) is 4.63. The molecule has 0 bridgehead atoms. The highest BCUT2D eigenvalue weighted by Gasteiger charge is 2.52. The summed E-state index contributed by atoms with van der Waals surface area (Å²) in [5.74, 6) is 3.81. The third-order valence-electron chi connectivity index (χ3n) is 3.63. The minimum Gasteiger partial charge on any atom is -0.381 e. The molecule has 3 rings (SSSR count). The molecule has 2 aliphatic carbocycles. The normalized spacial score (nSPS) is 44.5. The molecular weight excluding hydrogens is 150 g/mol. The standard InChI is InChI=1S/C10H17NO/c1-2-7(1)5-12-6-10-8-3-11-4-9(8)10/h7-11H,1-6H2/t8-,9+,10+. The van der Waals surface area contributed by atoms with Crippen molar-refractivity contribution in [2.45, 2.75) is 12.8 Å². The maximum Gasteiger partial charge on any atom is 0.0500 e. The van der Waals surface area contributed by atoms with Crippen molar-refractivity contribution in [1.82, 2.24) is 5.32 Å². The van der Waals surface area contributed by atoms with E-state index in [0.717, 1.165) is 36.9 Å². The van der Waals surface area contributed by atoms with E-state index in [-0.39, 0.29) is 0 Å². The molecule has 1 saturated heterocycles. The van der Waals surface area contributed by atoms with Gasteiger partial charge in [0.2, 0.25) is 0 Å². The fourth-order valence-corrected chi connectivity index (χ4v) is 2.45. The third kappa shape index (κ3) is 1.27. The Morgan fingerprint density at radius 1 is 1.08 bits per heavy atom. The molecule has 12 heavy (non-hydrogen) atoms. The van der Waals surface area contributed by atoms with Crippen LogP contribution in [0.15, 0.2) is 0 Å². The van der Waals surface area contributed by atoms with Crippen LogP contribution < -0.4 is 5.32 Å². The van der Waals surface area contributed by atoms with Crippen LogP contribution in [0.2, 0.25) is 0 Å². The molecule has 3 fully saturated rings. The van der Waals surface area contributed by atoms with Crippen LogP contribution >= 0.6 is 0 Å². The average Bonchev–Trinajstić information content (AvgIpc) is 2.96. The van der Waals surface area contributed by atoms with Crippen molar-refractivity contribution in [2.75, 3.05) is 26.3 Å². The SMILES string of the molecule is C1CC1COC[C@H]1[C@@H]2CNC[C@@H]21. The van der Waals surface area contributed by atoms with Crippen molar-refractivity contribution in [3.8, 4) is 0 Å². The quantitative estimate of drug-likeness (QED) is 0.671. The molecule has 1 aliphatic heterocycles. The number of nitrogens with one attached hydrogen (secondary N) is 1. The fourth-order valence-electron chi connectivity index (χ4n) is 2.45. The van der Waals surface area contributed by atoms with Gasteiger partial charge >= 0.3 is 0 Å². The number of rotatable bonds is 4. The van der Waals surface area contributed by atoms with Crippen LogP contribution in [0.1, 0.15) is 12.8 Å². The second kappa shape index (κ2) is 2.71. The largest absolute Gasteiger partial charge is 0.381 e. The summed E-state index contributed by atoms with van der Waals surface area (Å²) >= 11 is 0. The van der Waals surface area contributed by atoms with Crippen molar-refractivity contribution in [2.24, 2.45) is 23.7 Å². The summed E-state index contributed by atoms with van der Waals surface area (Å²) in [5.41, 5.74) is 0. The highest BCUT2D eigenvalue weighted by Crippen LogP contribution is 2.48. The molecule has 0 aromatic rings. The lowest BCUT2D eigenvalue weighted by Crippen LogP contribution is -2.17. The predicted molar refractivity (Wildman–Crippen MR) is 46.9 cm³/mol. The lowest BCUT2D eigenvalue weighted by Gasteiger charge is -2.04. The van der Waals surface area contributed by atoms with Gasteiger partial charge in [-0.1, -0.05) is 0 Å². The van der Waals surface area contributed by atoms with Crippen LogP contribution in [0.5, 0.6) is 0 Å². The minimum absolute atomic E-state index is 0.921. The van der Waals surface area contributed by atoms with E-state index in [1.165, 1.54) is 25.9 Å². The zero-order valence-corrected chi connectivity index (χ0v) is 7.46. The van der Waals surface area contributed by atoms with Gasteiger partial charge in [0.1, 0.15) is 0 Å². The van der Waals surface area contributed by atoms with E-state index in [9.17, 15) is 0 Å². The summed E-state index contributed by atoms with van der Waals surface area (Å²) in [7, 11) is 0. The first-order valence-electron chi connectivity index (χ1n) is 5.23. The van der Waals surface area contributed by atoms with Crippen LogP contribution in [0.3, 0.4) is 0 Å². The second-order valence-electron chi connectivity index (χ2n) is 4.63. The van der Waals surface area contributed by atoms with Crippen LogP contribution in [-0.4, -0.2) is 26.3 Å².